The maximum atomic E-state index is 12.0. The van der Waals surface area contributed by atoms with Gasteiger partial charge in [-0.3, -0.25) is 4.90 Å². The molecule has 1 saturated heterocycles. The minimum absolute atomic E-state index is 0.258. The van der Waals surface area contributed by atoms with Gasteiger partial charge in [0.1, 0.15) is 5.60 Å². The highest BCUT2D eigenvalue weighted by Crippen LogP contribution is 2.38. The average Bonchev–Trinajstić information content (AvgIpc) is 3.08. The second-order valence-corrected chi connectivity index (χ2v) is 8.06. The van der Waals surface area contributed by atoms with Gasteiger partial charge >= 0.3 is 6.09 Å². The van der Waals surface area contributed by atoms with E-state index in [4.69, 9.17) is 4.74 Å². The molecule has 1 aliphatic carbocycles. The molecule has 3 unspecified atom stereocenters. The fourth-order valence-electron chi connectivity index (χ4n) is 4.01. The Morgan fingerprint density at radius 2 is 2.13 bits per heavy atom. The zero-order valence-corrected chi connectivity index (χ0v) is 14.7. The molecular weight excluding hydrogens is 290 g/mol. The highest BCUT2D eigenvalue weighted by molar-refractivity contribution is 5.68. The van der Waals surface area contributed by atoms with Gasteiger partial charge < -0.3 is 14.6 Å². The summed E-state index contributed by atoms with van der Waals surface area (Å²) in [6.45, 7) is 8.91. The molecule has 5 heteroatoms. The Hall–Kier alpha value is -1.49. The SMILES string of the molecule is Cn1cccc1CN1CC2CCC(NC(=O)OC(C)(C)C)C2C1. The Morgan fingerprint density at radius 1 is 1.35 bits per heavy atom. The van der Waals surface area contributed by atoms with Gasteiger partial charge in [0.05, 0.1) is 0 Å². The van der Waals surface area contributed by atoms with Crippen LogP contribution in [0.4, 0.5) is 4.79 Å². The van der Waals surface area contributed by atoms with Crippen molar-refractivity contribution in [3.8, 4) is 0 Å². The highest BCUT2D eigenvalue weighted by atomic mass is 16.6. The molecule has 5 nitrogen and oxygen atoms in total. The summed E-state index contributed by atoms with van der Waals surface area (Å²) in [5.74, 6) is 1.26. The second-order valence-electron chi connectivity index (χ2n) is 8.06. The highest BCUT2D eigenvalue weighted by Gasteiger charge is 2.43. The van der Waals surface area contributed by atoms with Crippen LogP contribution in [0.5, 0.6) is 0 Å². The number of ether oxygens (including phenoxy) is 1. The molecule has 0 spiro atoms. The number of nitrogens with one attached hydrogen (secondary N) is 1. The maximum Gasteiger partial charge on any atom is 0.407 e. The summed E-state index contributed by atoms with van der Waals surface area (Å²) in [7, 11) is 2.10. The van der Waals surface area contributed by atoms with E-state index in [1.54, 1.807) is 0 Å². The maximum absolute atomic E-state index is 12.0. The van der Waals surface area contributed by atoms with E-state index in [-0.39, 0.29) is 12.1 Å². The topological polar surface area (TPSA) is 46.5 Å². The lowest BCUT2D eigenvalue weighted by Gasteiger charge is -2.25. The van der Waals surface area contributed by atoms with Crippen molar-refractivity contribution in [2.75, 3.05) is 13.1 Å². The van der Waals surface area contributed by atoms with Crippen LogP contribution in [0.1, 0.15) is 39.3 Å². The molecule has 2 heterocycles. The first-order valence-electron chi connectivity index (χ1n) is 8.64. The number of aryl methyl sites for hydroxylation is 1. The van der Waals surface area contributed by atoms with Gasteiger partial charge in [0, 0.05) is 44.6 Å². The zero-order chi connectivity index (χ0) is 16.6. The average molecular weight is 319 g/mol. The summed E-state index contributed by atoms with van der Waals surface area (Å²) in [6.07, 6.45) is 4.10. The van der Waals surface area contributed by atoms with Gasteiger partial charge in [-0.05, 0) is 57.6 Å². The van der Waals surface area contributed by atoms with Crippen LogP contribution in [0.2, 0.25) is 0 Å². The fourth-order valence-corrected chi connectivity index (χ4v) is 4.01. The Bertz CT molecular complexity index is 561. The summed E-state index contributed by atoms with van der Waals surface area (Å²) in [5.41, 5.74) is 0.915. The number of aromatic nitrogens is 1. The van der Waals surface area contributed by atoms with Gasteiger partial charge in [0.25, 0.3) is 0 Å². The van der Waals surface area contributed by atoms with Crippen molar-refractivity contribution in [1.29, 1.82) is 0 Å². The third kappa shape index (κ3) is 3.89. The van der Waals surface area contributed by atoms with Crippen LogP contribution < -0.4 is 5.32 Å². The van der Waals surface area contributed by atoms with Gasteiger partial charge in [-0.1, -0.05) is 0 Å². The first-order chi connectivity index (χ1) is 10.8. The minimum Gasteiger partial charge on any atom is -0.444 e. The second kappa shape index (κ2) is 6.19. The van der Waals surface area contributed by atoms with Gasteiger partial charge in [0.2, 0.25) is 0 Å². The van der Waals surface area contributed by atoms with Crippen LogP contribution in [0.3, 0.4) is 0 Å². The van der Waals surface area contributed by atoms with Gasteiger partial charge in [-0.15, -0.1) is 0 Å². The Labute approximate surface area is 139 Å². The number of alkyl carbamates (subject to hydrolysis) is 1. The first kappa shape index (κ1) is 16.4. The standard InChI is InChI=1S/C18H29N3O2/c1-18(2,3)23-17(22)19-16-8-7-13-10-21(12-15(13)16)11-14-6-5-9-20(14)4/h5-6,9,13,15-16H,7-8,10-12H2,1-4H3,(H,19,22). The number of carbonyl (C=O) groups is 1. The fraction of sp³-hybridized carbons (Fsp3) is 0.722. The third-order valence-electron chi connectivity index (χ3n) is 5.07. The van der Waals surface area contributed by atoms with E-state index in [9.17, 15) is 4.79 Å². The van der Waals surface area contributed by atoms with Crippen LogP contribution in [0.15, 0.2) is 18.3 Å². The number of rotatable bonds is 3. The van der Waals surface area contributed by atoms with Gasteiger partial charge in [0.15, 0.2) is 0 Å². The normalized spacial score (nSPS) is 27.9. The molecule has 2 aliphatic rings. The van der Waals surface area contributed by atoms with Crippen LogP contribution in [-0.4, -0.2) is 40.3 Å². The molecule has 23 heavy (non-hydrogen) atoms. The zero-order valence-electron chi connectivity index (χ0n) is 14.7. The van der Waals surface area contributed by atoms with Gasteiger partial charge in [-0.2, -0.15) is 0 Å². The van der Waals surface area contributed by atoms with E-state index in [0.717, 1.165) is 26.1 Å². The summed E-state index contributed by atoms with van der Waals surface area (Å²) in [4.78, 5) is 14.6. The van der Waals surface area contributed by atoms with E-state index >= 15 is 0 Å². The number of likely N-dealkylation sites (tertiary alicyclic amines) is 1. The van der Waals surface area contributed by atoms with Crippen molar-refractivity contribution >= 4 is 6.09 Å². The van der Waals surface area contributed by atoms with E-state index in [0.29, 0.717) is 11.8 Å². The number of fused-ring (bicyclic) bond motifs is 1. The predicted molar refractivity (Wildman–Crippen MR) is 90.1 cm³/mol. The molecule has 1 aromatic heterocycles. The summed E-state index contributed by atoms with van der Waals surface area (Å²) in [5, 5.41) is 3.10. The van der Waals surface area contributed by atoms with Crippen molar-refractivity contribution < 1.29 is 9.53 Å². The number of hydrogen-bond donors (Lipinski definition) is 1. The van der Waals surface area contributed by atoms with Crippen LogP contribution in [0.25, 0.3) is 0 Å². The van der Waals surface area contributed by atoms with Crippen molar-refractivity contribution in [3.63, 3.8) is 0 Å². The molecule has 2 fully saturated rings. The molecule has 3 rings (SSSR count). The van der Waals surface area contributed by atoms with Crippen LogP contribution >= 0.6 is 0 Å². The van der Waals surface area contributed by atoms with E-state index in [1.165, 1.54) is 12.1 Å². The molecule has 0 bridgehead atoms. The molecule has 1 N–H and O–H groups in total. The molecule has 1 aromatic rings. The van der Waals surface area contributed by atoms with Crippen molar-refractivity contribution in [2.45, 2.75) is 51.8 Å². The molecule has 1 saturated carbocycles. The van der Waals surface area contributed by atoms with E-state index in [2.05, 4.69) is 40.2 Å². The number of carbonyl (C=O) groups excluding carboxylic acids is 1. The lowest BCUT2D eigenvalue weighted by molar-refractivity contribution is 0.0491. The number of amides is 1. The molecule has 1 amide bonds. The molecule has 0 aromatic carbocycles. The quantitative estimate of drug-likeness (QED) is 0.932. The smallest absolute Gasteiger partial charge is 0.407 e. The minimum atomic E-state index is -0.434. The first-order valence-corrected chi connectivity index (χ1v) is 8.64. The summed E-state index contributed by atoms with van der Waals surface area (Å²) in [6, 6.07) is 4.54. The Balaban J connectivity index is 1.54. The monoisotopic (exact) mass is 319 g/mol. The Kier molecular flexibility index (Phi) is 4.41. The lowest BCUT2D eigenvalue weighted by atomic mass is 9.98. The molecule has 0 radical (unpaired) electrons. The summed E-state index contributed by atoms with van der Waals surface area (Å²) >= 11 is 0. The molecular formula is C18H29N3O2. The largest absolute Gasteiger partial charge is 0.444 e. The van der Waals surface area contributed by atoms with Gasteiger partial charge in [-0.25, -0.2) is 4.79 Å². The molecule has 3 atom stereocenters. The molecule has 128 valence electrons. The number of hydrogen-bond acceptors (Lipinski definition) is 3. The molecule has 1 aliphatic heterocycles. The lowest BCUT2D eigenvalue weighted by Crippen LogP contribution is -2.42. The van der Waals surface area contributed by atoms with Crippen molar-refractivity contribution in [2.24, 2.45) is 18.9 Å². The van der Waals surface area contributed by atoms with Crippen molar-refractivity contribution in [3.05, 3.63) is 24.0 Å². The Morgan fingerprint density at radius 3 is 2.78 bits per heavy atom. The number of nitrogens with zero attached hydrogens (tertiary/aromatic N) is 2. The van der Waals surface area contributed by atoms with E-state index < -0.39 is 5.60 Å². The van der Waals surface area contributed by atoms with Crippen molar-refractivity contribution in [1.82, 2.24) is 14.8 Å². The van der Waals surface area contributed by atoms with Crippen LogP contribution in [0, 0.1) is 11.8 Å². The van der Waals surface area contributed by atoms with Crippen LogP contribution in [-0.2, 0) is 18.3 Å². The summed E-state index contributed by atoms with van der Waals surface area (Å²) < 4.78 is 7.59. The van der Waals surface area contributed by atoms with E-state index in [1.807, 2.05) is 20.8 Å². The predicted octanol–water partition coefficient (Wildman–Crippen LogP) is 2.76. The third-order valence-corrected chi connectivity index (χ3v) is 5.07.